The Bertz CT molecular complexity index is 1520. The predicted octanol–water partition coefficient (Wildman–Crippen LogP) is 5.72. The molecular weight excluding hydrogens is 505 g/mol. The van der Waals surface area contributed by atoms with Crippen molar-refractivity contribution in [3.63, 3.8) is 0 Å². The lowest BCUT2D eigenvalue weighted by atomic mass is 9.67. The second-order valence-corrected chi connectivity index (χ2v) is 11.0. The van der Waals surface area contributed by atoms with E-state index in [4.69, 9.17) is 11.6 Å². The van der Waals surface area contributed by atoms with Gasteiger partial charge in [-0.2, -0.15) is 18.3 Å². The van der Waals surface area contributed by atoms with Crippen molar-refractivity contribution in [1.82, 2.24) is 34.1 Å². The lowest BCUT2D eigenvalue weighted by molar-refractivity contribution is -0.216. The van der Waals surface area contributed by atoms with Gasteiger partial charge < -0.3 is 14.5 Å². The summed E-state index contributed by atoms with van der Waals surface area (Å²) in [5, 5.41) is 16.4. The first kappa shape index (κ1) is 22.8. The molecule has 4 aromatic heterocycles. The van der Waals surface area contributed by atoms with Crippen molar-refractivity contribution in [2.24, 2.45) is 12.5 Å². The van der Waals surface area contributed by atoms with E-state index >= 15 is 0 Å². The molecule has 12 heteroatoms. The zero-order valence-electron chi connectivity index (χ0n) is 20.1. The molecule has 7 rings (SSSR count). The maximum Gasteiger partial charge on any atom is 0.401 e. The van der Waals surface area contributed by atoms with Gasteiger partial charge in [-0.15, -0.1) is 10.2 Å². The van der Waals surface area contributed by atoms with E-state index in [0.717, 1.165) is 35.5 Å². The molecule has 0 saturated heterocycles. The summed E-state index contributed by atoms with van der Waals surface area (Å²) in [6.45, 7) is 1.22. The quantitative estimate of drug-likeness (QED) is 0.367. The SMILES string of the molecule is Cn1nccc1Nc1cc(-c2cc3n(c2)CC2(CC2)Cn2c-3nnc2C2(C(F)(F)F)CCC2)c(Cl)cn1. The predicted molar refractivity (Wildman–Crippen MR) is 131 cm³/mol. The highest BCUT2D eigenvalue weighted by molar-refractivity contribution is 6.33. The average Bonchev–Trinajstić information content (AvgIpc) is 3.08. The van der Waals surface area contributed by atoms with Crippen molar-refractivity contribution < 1.29 is 13.2 Å². The molecule has 2 saturated carbocycles. The molecule has 2 aliphatic carbocycles. The highest BCUT2D eigenvalue weighted by Crippen LogP contribution is 2.57. The first-order valence-electron chi connectivity index (χ1n) is 12.3. The lowest BCUT2D eigenvalue weighted by Gasteiger charge is -2.42. The number of halogens is 4. The van der Waals surface area contributed by atoms with Gasteiger partial charge in [0.2, 0.25) is 0 Å². The van der Waals surface area contributed by atoms with E-state index in [2.05, 4.69) is 30.2 Å². The minimum absolute atomic E-state index is 0.0625. The van der Waals surface area contributed by atoms with E-state index in [9.17, 15) is 13.2 Å². The largest absolute Gasteiger partial charge is 0.401 e. The van der Waals surface area contributed by atoms with Gasteiger partial charge in [0.15, 0.2) is 5.82 Å². The number of hydrogen-bond donors (Lipinski definition) is 1. The highest BCUT2D eigenvalue weighted by Gasteiger charge is 2.63. The van der Waals surface area contributed by atoms with Crippen molar-refractivity contribution in [2.75, 3.05) is 5.32 Å². The summed E-state index contributed by atoms with van der Waals surface area (Å²) >= 11 is 6.57. The van der Waals surface area contributed by atoms with Crippen LogP contribution in [0.15, 0.2) is 36.8 Å². The third-order valence-electron chi connectivity index (χ3n) is 8.25. The molecule has 1 spiro atoms. The van der Waals surface area contributed by atoms with E-state index in [1.807, 2.05) is 31.4 Å². The van der Waals surface area contributed by atoms with E-state index in [-0.39, 0.29) is 24.1 Å². The Labute approximate surface area is 215 Å². The third-order valence-corrected chi connectivity index (χ3v) is 8.56. The fourth-order valence-corrected chi connectivity index (χ4v) is 5.94. The van der Waals surface area contributed by atoms with Gasteiger partial charge in [0.05, 0.1) is 16.9 Å². The summed E-state index contributed by atoms with van der Waals surface area (Å²) in [6.07, 6.45) is 3.53. The molecular formula is C25H24ClF3N8. The first-order chi connectivity index (χ1) is 17.7. The summed E-state index contributed by atoms with van der Waals surface area (Å²) in [6, 6.07) is 5.65. The van der Waals surface area contributed by atoms with Gasteiger partial charge >= 0.3 is 6.18 Å². The van der Waals surface area contributed by atoms with Gasteiger partial charge in [-0.3, -0.25) is 4.68 Å². The maximum atomic E-state index is 14.2. The number of hydrogen-bond acceptors (Lipinski definition) is 5. The van der Waals surface area contributed by atoms with Crippen LogP contribution >= 0.6 is 11.6 Å². The van der Waals surface area contributed by atoms with Gasteiger partial charge in [-0.25, -0.2) is 4.98 Å². The minimum atomic E-state index is -4.35. The Morgan fingerprint density at radius 1 is 1.08 bits per heavy atom. The lowest BCUT2D eigenvalue weighted by Crippen LogP contribution is -2.50. The molecule has 0 radical (unpaired) electrons. The van der Waals surface area contributed by atoms with Crippen molar-refractivity contribution >= 4 is 23.2 Å². The average molecular weight is 529 g/mol. The van der Waals surface area contributed by atoms with Gasteiger partial charge in [0, 0.05) is 55.1 Å². The summed E-state index contributed by atoms with van der Waals surface area (Å²) in [7, 11) is 1.83. The Morgan fingerprint density at radius 3 is 2.54 bits per heavy atom. The number of alkyl halides is 3. The van der Waals surface area contributed by atoms with Gasteiger partial charge in [0.25, 0.3) is 0 Å². The van der Waals surface area contributed by atoms with E-state index in [1.54, 1.807) is 21.6 Å². The van der Waals surface area contributed by atoms with Crippen molar-refractivity contribution in [3.05, 3.63) is 47.6 Å². The number of pyridine rings is 1. The number of rotatable bonds is 4. The molecule has 2 fully saturated rings. The first-order valence-corrected chi connectivity index (χ1v) is 12.7. The monoisotopic (exact) mass is 528 g/mol. The molecule has 0 aromatic carbocycles. The molecule has 5 heterocycles. The van der Waals surface area contributed by atoms with Gasteiger partial charge in [-0.1, -0.05) is 18.0 Å². The molecule has 3 aliphatic rings. The van der Waals surface area contributed by atoms with Crippen molar-refractivity contribution in [2.45, 2.75) is 56.8 Å². The molecule has 1 aliphatic heterocycles. The molecule has 0 unspecified atom stereocenters. The zero-order valence-corrected chi connectivity index (χ0v) is 20.8. The molecule has 0 amide bonds. The molecule has 1 N–H and O–H groups in total. The third kappa shape index (κ3) is 3.43. The van der Waals surface area contributed by atoms with Crippen LogP contribution in [-0.4, -0.2) is 40.3 Å². The van der Waals surface area contributed by atoms with Gasteiger partial charge in [-0.05, 0) is 37.8 Å². The summed E-state index contributed by atoms with van der Waals surface area (Å²) in [4.78, 5) is 4.39. The molecule has 37 heavy (non-hydrogen) atoms. The van der Waals surface area contributed by atoms with Crippen LogP contribution in [0.2, 0.25) is 5.02 Å². The molecule has 8 nitrogen and oxygen atoms in total. The Morgan fingerprint density at radius 2 is 1.89 bits per heavy atom. The summed E-state index contributed by atoms with van der Waals surface area (Å²) < 4.78 is 48.3. The van der Waals surface area contributed by atoms with Crippen LogP contribution in [0, 0.1) is 5.41 Å². The number of aromatic nitrogens is 7. The number of aryl methyl sites for hydroxylation is 1. The second kappa shape index (κ2) is 7.59. The zero-order chi connectivity index (χ0) is 25.6. The number of anilines is 2. The Kier molecular flexibility index (Phi) is 4.68. The maximum absolute atomic E-state index is 14.2. The summed E-state index contributed by atoms with van der Waals surface area (Å²) in [5.74, 6) is 1.93. The molecule has 192 valence electrons. The second-order valence-electron chi connectivity index (χ2n) is 10.6. The summed E-state index contributed by atoms with van der Waals surface area (Å²) in [5.41, 5.74) is 0.378. The van der Waals surface area contributed by atoms with E-state index in [1.165, 1.54) is 0 Å². The topological polar surface area (TPSA) is 78.4 Å². The van der Waals surface area contributed by atoms with Crippen LogP contribution < -0.4 is 5.32 Å². The molecule has 0 atom stereocenters. The number of nitrogens with one attached hydrogen (secondary N) is 1. The van der Waals surface area contributed by atoms with E-state index < -0.39 is 11.6 Å². The fraction of sp³-hybridized carbons (Fsp3) is 0.440. The van der Waals surface area contributed by atoms with E-state index in [0.29, 0.717) is 36.2 Å². The van der Waals surface area contributed by atoms with Crippen LogP contribution in [0.5, 0.6) is 0 Å². The Balaban J connectivity index is 1.32. The smallest absolute Gasteiger partial charge is 0.344 e. The molecule has 4 aromatic rings. The van der Waals surface area contributed by atoms with Crippen LogP contribution in [0.4, 0.5) is 24.8 Å². The Hall–Kier alpha value is -3.34. The fourth-order valence-electron chi connectivity index (χ4n) is 5.73. The van der Waals surface area contributed by atoms with Crippen molar-refractivity contribution in [3.8, 4) is 22.6 Å². The normalized spacial score (nSPS) is 19.2. The van der Waals surface area contributed by atoms with Crippen molar-refractivity contribution in [1.29, 1.82) is 0 Å². The van der Waals surface area contributed by atoms with Crippen LogP contribution in [0.1, 0.15) is 37.9 Å². The van der Waals surface area contributed by atoms with Crippen LogP contribution in [0.25, 0.3) is 22.6 Å². The standard InChI is InChI=1S/C25H24ClF3N8/c1-35-20(3-8-31-35)32-19-10-16(17(26)11-30-19)15-9-18-21-33-34-22(24(4-2-5-24)25(27,28)29)37(21)14-23(6-7-23)13-36(18)12-15/h3,8-12H,2,4-7,13-14H2,1H3,(H,30,32). The van der Waals surface area contributed by atoms with Gasteiger partial charge in [0.1, 0.15) is 22.9 Å². The minimum Gasteiger partial charge on any atom is -0.344 e. The molecule has 0 bridgehead atoms. The number of nitrogens with zero attached hydrogens (tertiary/aromatic N) is 7. The number of fused-ring (bicyclic) bond motifs is 3. The van der Waals surface area contributed by atoms with Crippen LogP contribution in [-0.2, 0) is 25.6 Å². The van der Waals surface area contributed by atoms with Crippen LogP contribution in [0.3, 0.4) is 0 Å². The highest BCUT2D eigenvalue weighted by atomic mass is 35.5.